The van der Waals surface area contributed by atoms with Crippen LogP contribution in [0.2, 0.25) is 0 Å². The molecule has 38 heavy (non-hydrogen) atoms. The van der Waals surface area contributed by atoms with Gasteiger partial charge in [-0.25, -0.2) is 4.79 Å². The molecule has 4 N–H and O–H groups in total. The van der Waals surface area contributed by atoms with Crippen LogP contribution in [0.4, 0.5) is 4.79 Å². The van der Waals surface area contributed by atoms with Crippen molar-refractivity contribution in [3.8, 4) is 0 Å². The van der Waals surface area contributed by atoms with E-state index in [2.05, 4.69) is 10.6 Å². The maximum Gasteiger partial charge on any atom is 0.408 e. The lowest BCUT2D eigenvalue weighted by molar-refractivity contribution is -0.144. The van der Waals surface area contributed by atoms with Gasteiger partial charge in [0.05, 0.1) is 6.42 Å². The van der Waals surface area contributed by atoms with Crippen LogP contribution in [0.3, 0.4) is 0 Å². The zero-order valence-corrected chi connectivity index (χ0v) is 22.7. The molecule has 0 saturated heterocycles. The molecule has 0 spiro atoms. The SMILES string of the molecule is Cc1cccc(C(C(=O)NCc2ccccc2)N(C(=O)C(CC(N)=O)NC(=O)OC(C)(C)C)C2CC2)c1C. The minimum Gasteiger partial charge on any atom is -0.444 e. The number of nitrogens with one attached hydrogen (secondary N) is 2. The van der Waals surface area contributed by atoms with Gasteiger partial charge < -0.3 is 26.0 Å². The summed E-state index contributed by atoms with van der Waals surface area (Å²) in [7, 11) is 0. The average Bonchev–Trinajstić information content (AvgIpc) is 3.66. The van der Waals surface area contributed by atoms with Gasteiger partial charge in [0.1, 0.15) is 17.7 Å². The maximum atomic E-state index is 14.0. The van der Waals surface area contributed by atoms with E-state index in [0.29, 0.717) is 18.4 Å². The van der Waals surface area contributed by atoms with Gasteiger partial charge >= 0.3 is 6.09 Å². The van der Waals surface area contributed by atoms with E-state index in [0.717, 1.165) is 16.7 Å². The molecular formula is C29H38N4O5. The van der Waals surface area contributed by atoms with Gasteiger partial charge in [-0.2, -0.15) is 0 Å². The fourth-order valence-electron chi connectivity index (χ4n) is 4.27. The molecule has 0 aromatic heterocycles. The number of hydrogen-bond donors (Lipinski definition) is 3. The minimum atomic E-state index is -1.28. The van der Waals surface area contributed by atoms with Crippen molar-refractivity contribution in [1.82, 2.24) is 15.5 Å². The molecule has 1 fully saturated rings. The first kappa shape index (κ1) is 28.7. The number of benzene rings is 2. The number of carbonyl (C=O) groups excluding carboxylic acids is 4. The predicted octanol–water partition coefficient (Wildman–Crippen LogP) is 3.42. The van der Waals surface area contributed by atoms with E-state index < -0.39 is 42.0 Å². The maximum absolute atomic E-state index is 14.0. The van der Waals surface area contributed by atoms with Gasteiger partial charge in [0.2, 0.25) is 17.7 Å². The summed E-state index contributed by atoms with van der Waals surface area (Å²) in [6.07, 6.45) is 0.139. The van der Waals surface area contributed by atoms with Crippen LogP contribution in [-0.2, 0) is 25.7 Å². The van der Waals surface area contributed by atoms with Crippen LogP contribution in [0.5, 0.6) is 0 Å². The second-order valence-corrected chi connectivity index (χ2v) is 10.7. The highest BCUT2D eigenvalue weighted by molar-refractivity contribution is 5.95. The lowest BCUT2D eigenvalue weighted by atomic mass is 9.94. The van der Waals surface area contributed by atoms with Gasteiger partial charge in [-0.1, -0.05) is 48.5 Å². The second kappa shape index (κ2) is 12.1. The first-order chi connectivity index (χ1) is 17.9. The van der Waals surface area contributed by atoms with E-state index in [4.69, 9.17) is 10.5 Å². The summed E-state index contributed by atoms with van der Waals surface area (Å²) in [5, 5.41) is 5.49. The van der Waals surface area contributed by atoms with Gasteiger partial charge in [0.25, 0.3) is 0 Å². The Labute approximate surface area is 224 Å². The Bertz CT molecular complexity index is 1170. The van der Waals surface area contributed by atoms with Crippen molar-refractivity contribution in [3.05, 3.63) is 70.8 Å². The fraction of sp³-hybridized carbons (Fsp3) is 0.448. The summed E-state index contributed by atoms with van der Waals surface area (Å²) in [4.78, 5) is 53.8. The second-order valence-electron chi connectivity index (χ2n) is 10.7. The van der Waals surface area contributed by atoms with Crippen LogP contribution in [0.25, 0.3) is 0 Å². The third kappa shape index (κ3) is 7.81. The van der Waals surface area contributed by atoms with Gasteiger partial charge in [-0.05, 0) is 69.7 Å². The van der Waals surface area contributed by atoms with Crippen LogP contribution in [0, 0.1) is 13.8 Å². The molecule has 2 aromatic carbocycles. The lowest BCUT2D eigenvalue weighted by Gasteiger charge is -2.35. The molecule has 0 heterocycles. The zero-order chi connectivity index (χ0) is 28.0. The van der Waals surface area contributed by atoms with Crippen LogP contribution in [0.1, 0.15) is 68.3 Å². The Morgan fingerprint density at radius 1 is 1.03 bits per heavy atom. The normalized spacial score (nSPS) is 14.7. The first-order valence-corrected chi connectivity index (χ1v) is 12.8. The zero-order valence-electron chi connectivity index (χ0n) is 22.7. The topological polar surface area (TPSA) is 131 Å². The van der Waals surface area contributed by atoms with Crippen molar-refractivity contribution in [2.45, 2.75) is 84.2 Å². The summed E-state index contributed by atoms with van der Waals surface area (Å²) < 4.78 is 5.32. The Hall–Kier alpha value is -3.88. The molecule has 2 aromatic rings. The minimum absolute atomic E-state index is 0.217. The van der Waals surface area contributed by atoms with Crippen LogP contribution in [0.15, 0.2) is 48.5 Å². The number of nitrogens with two attached hydrogens (primary N) is 1. The summed E-state index contributed by atoms with van der Waals surface area (Å²) in [6.45, 7) is 9.23. The lowest BCUT2D eigenvalue weighted by Crippen LogP contribution is -2.54. The molecule has 9 nitrogen and oxygen atoms in total. The number of aryl methyl sites for hydroxylation is 1. The van der Waals surface area contributed by atoms with E-state index in [-0.39, 0.29) is 18.5 Å². The highest BCUT2D eigenvalue weighted by Crippen LogP contribution is 2.37. The molecule has 1 aliphatic carbocycles. The molecule has 204 valence electrons. The van der Waals surface area contributed by atoms with Crippen molar-refractivity contribution in [3.63, 3.8) is 0 Å². The molecule has 4 amide bonds. The molecule has 1 aliphatic rings. The monoisotopic (exact) mass is 522 g/mol. The fourth-order valence-corrected chi connectivity index (χ4v) is 4.27. The quantitative estimate of drug-likeness (QED) is 0.440. The third-order valence-electron chi connectivity index (χ3n) is 6.37. The molecule has 2 atom stereocenters. The number of alkyl carbamates (subject to hydrolysis) is 1. The number of rotatable bonds is 10. The summed E-state index contributed by atoms with van der Waals surface area (Å²) in [5.74, 6) is -1.66. The molecule has 9 heteroatoms. The van der Waals surface area contributed by atoms with Gasteiger partial charge in [0.15, 0.2) is 0 Å². The molecule has 1 saturated carbocycles. The highest BCUT2D eigenvalue weighted by Gasteiger charge is 2.44. The van der Waals surface area contributed by atoms with E-state index >= 15 is 0 Å². The van der Waals surface area contributed by atoms with Crippen molar-refractivity contribution >= 4 is 23.8 Å². The summed E-state index contributed by atoms with van der Waals surface area (Å²) in [6, 6.07) is 12.7. The van der Waals surface area contributed by atoms with Crippen molar-refractivity contribution in [1.29, 1.82) is 0 Å². The average molecular weight is 523 g/mol. The largest absolute Gasteiger partial charge is 0.444 e. The number of ether oxygens (including phenoxy) is 1. The predicted molar refractivity (Wildman–Crippen MR) is 144 cm³/mol. The molecular weight excluding hydrogens is 484 g/mol. The number of primary amides is 1. The van der Waals surface area contributed by atoms with Crippen molar-refractivity contribution in [2.24, 2.45) is 5.73 Å². The van der Waals surface area contributed by atoms with Crippen LogP contribution in [-0.4, -0.2) is 46.4 Å². The van der Waals surface area contributed by atoms with Gasteiger partial charge in [-0.15, -0.1) is 0 Å². The van der Waals surface area contributed by atoms with Gasteiger partial charge in [0, 0.05) is 12.6 Å². The van der Waals surface area contributed by atoms with Crippen LogP contribution >= 0.6 is 0 Å². The summed E-state index contributed by atoms with van der Waals surface area (Å²) >= 11 is 0. The molecule has 0 aliphatic heterocycles. The first-order valence-electron chi connectivity index (χ1n) is 12.8. The Morgan fingerprint density at radius 2 is 1.68 bits per heavy atom. The molecule has 0 radical (unpaired) electrons. The molecule has 3 rings (SSSR count). The number of amides is 4. The number of hydrogen-bond acceptors (Lipinski definition) is 5. The number of carbonyl (C=O) groups is 4. The van der Waals surface area contributed by atoms with E-state index in [1.165, 1.54) is 4.90 Å². The van der Waals surface area contributed by atoms with E-state index in [1.807, 2.05) is 62.4 Å². The van der Waals surface area contributed by atoms with Crippen molar-refractivity contribution < 1.29 is 23.9 Å². The summed E-state index contributed by atoms with van der Waals surface area (Å²) in [5.41, 5.74) is 8.11. The van der Waals surface area contributed by atoms with Crippen LogP contribution < -0.4 is 16.4 Å². The van der Waals surface area contributed by atoms with E-state index in [1.54, 1.807) is 20.8 Å². The highest BCUT2D eigenvalue weighted by atomic mass is 16.6. The Kier molecular flexibility index (Phi) is 9.14. The smallest absolute Gasteiger partial charge is 0.408 e. The van der Waals surface area contributed by atoms with E-state index in [9.17, 15) is 19.2 Å². The van der Waals surface area contributed by atoms with Crippen molar-refractivity contribution in [2.75, 3.05) is 0 Å². The van der Waals surface area contributed by atoms with Gasteiger partial charge in [-0.3, -0.25) is 14.4 Å². The Morgan fingerprint density at radius 3 is 2.26 bits per heavy atom. The molecule has 2 unspecified atom stereocenters. The molecule has 0 bridgehead atoms. The Balaban J connectivity index is 1.98. The number of nitrogens with zero attached hydrogens (tertiary/aromatic N) is 1. The standard InChI is InChI=1S/C29H38N4O5/c1-18-10-9-13-22(19(18)2)25(26(35)31-17-20-11-7-6-8-12-20)33(21-14-15-21)27(36)23(16-24(30)34)32-28(37)38-29(3,4)5/h6-13,21,23,25H,14-17H2,1-5H3,(H2,30,34)(H,31,35)(H,32,37). The third-order valence-corrected chi connectivity index (χ3v) is 6.37.